The van der Waals surface area contributed by atoms with E-state index in [1.807, 2.05) is 36.7 Å². The number of nitrogens with zero attached hydrogens (tertiary/aromatic N) is 3. The van der Waals surface area contributed by atoms with E-state index in [2.05, 4.69) is 15.2 Å². The van der Waals surface area contributed by atoms with Crippen LogP contribution in [0.25, 0.3) is 16.9 Å². The Kier molecular flexibility index (Phi) is 6.11. The second-order valence-corrected chi connectivity index (χ2v) is 7.78. The number of ether oxygens (including phenoxy) is 1. The molecule has 0 saturated carbocycles. The summed E-state index contributed by atoms with van der Waals surface area (Å²) in [7, 11) is 2.03. The van der Waals surface area contributed by atoms with Gasteiger partial charge in [0.15, 0.2) is 0 Å². The van der Waals surface area contributed by atoms with Crippen molar-refractivity contribution >= 4 is 17.5 Å². The molecule has 8 heteroatoms. The molecule has 3 aromatic rings. The fourth-order valence-corrected chi connectivity index (χ4v) is 3.87. The molecule has 162 valence electrons. The van der Waals surface area contributed by atoms with Crippen LogP contribution in [0.3, 0.4) is 0 Å². The van der Waals surface area contributed by atoms with Crippen LogP contribution in [0.1, 0.15) is 11.3 Å². The Balaban J connectivity index is 1.79. The van der Waals surface area contributed by atoms with Crippen LogP contribution in [0.4, 0.5) is 14.5 Å². The fraction of sp³-hybridized carbons (Fsp3) is 0.304. The molecule has 4 rings (SSSR count). The summed E-state index contributed by atoms with van der Waals surface area (Å²) in [6.07, 6.45) is 6.23. The van der Waals surface area contributed by atoms with Crippen molar-refractivity contribution in [2.45, 2.75) is 19.4 Å². The second kappa shape index (κ2) is 8.95. The Morgan fingerprint density at radius 3 is 2.77 bits per heavy atom. The summed E-state index contributed by atoms with van der Waals surface area (Å²) in [6.45, 7) is 4.18. The van der Waals surface area contributed by atoms with Gasteiger partial charge in [0, 0.05) is 43.8 Å². The lowest BCUT2D eigenvalue weighted by molar-refractivity contribution is -0.0190. The maximum atomic E-state index is 15.1. The lowest BCUT2D eigenvalue weighted by Crippen LogP contribution is -2.41. The Labute approximate surface area is 179 Å². The van der Waals surface area contributed by atoms with Crippen LogP contribution in [0.2, 0.25) is 0 Å². The van der Waals surface area contributed by atoms with E-state index in [-0.39, 0.29) is 17.4 Å². The zero-order chi connectivity index (χ0) is 22.0. The third kappa shape index (κ3) is 4.50. The van der Waals surface area contributed by atoms with Gasteiger partial charge < -0.3 is 24.8 Å². The van der Waals surface area contributed by atoms with Gasteiger partial charge in [-0.15, -0.1) is 0 Å². The van der Waals surface area contributed by atoms with E-state index in [1.54, 1.807) is 0 Å². The van der Waals surface area contributed by atoms with Crippen LogP contribution >= 0.6 is 0 Å². The van der Waals surface area contributed by atoms with Crippen molar-refractivity contribution in [2.75, 3.05) is 32.1 Å². The minimum Gasteiger partial charge on any atom is -0.375 e. The Morgan fingerprint density at radius 1 is 1.29 bits per heavy atom. The van der Waals surface area contributed by atoms with Gasteiger partial charge in [0.1, 0.15) is 17.3 Å². The minimum absolute atomic E-state index is 0.0861. The molecule has 2 N–H and O–H groups in total. The summed E-state index contributed by atoms with van der Waals surface area (Å²) in [5.41, 5.74) is 2.78. The summed E-state index contributed by atoms with van der Waals surface area (Å²) in [6, 6.07) is 6.31. The number of fused-ring (bicyclic) bond motifs is 1. The molecular weight excluding hydrogens is 400 g/mol. The molecule has 0 bridgehead atoms. The van der Waals surface area contributed by atoms with Gasteiger partial charge in [-0.1, -0.05) is 0 Å². The van der Waals surface area contributed by atoms with E-state index >= 15 is 8.78 Å². The Bertz CT molecular complexity index is 1120. The first-order chi connectivity index (χ1) is 15.0. The van der Waals surface area contributed by atoms with Crippen LogP contribution < -0.4 is 5.32 Å². The monoisotopic (exact) mass is 425 g/mol. The van der Waals surface area contributed by atoms with Gasteiger partial charge in [-0.2, -0.15) is 0 Å². The van der Waals surface area contributed by atoms with Crippen LogP contribution in [0, 0.1) is 24.0 Å². The van der Waals surface area contributed by atoms with Gasteiger partial charge in [-0.3, -0.25) is 0 Å². The number of anilines is 1. The predicted molar refractivity (Wildman–Crippen MR) is 118 cm³/mol. The topological polar surface area (TPSA) is 65.7 Å². The lowest BCUT2D eigenvalue weighted by Gasteiger charge is -2.30. The molecule has 0 spiro atoms. The van der Waals surface area contributed by atoms with Crippen LogP contribution in [-0.4, -0.2) is 53.3 Å². The first-order valence-corrected chi connectivity index (χ1v) is 10.2. The smallest absolute Gasteiger partial charge is 0.137 e. The van der Waals surface area contributed by atoms with Crippen molar-refractivity contribution in [3.63, 3.8) is 0 Å². The maximum Gasteiger partial charge on any atom is 0.137 e. The summed E-state index contributed by atoms with van der Waals surface area (Å²) >= 11 is 0. The molecular formula is C23H25F2N5O. The van der Waals surface area contributed by atoms with Crippen molar-refractivity contribution in [2.24, 2.45) is 0 Å². The number of pyridine rings is 1. The molecule has 6 nitrogen and oxygen atoms in total. The highest BCUT2D eigenvalue weighted by Gasteiger charge is 2.26. The molecule has 3 heterocycles. The molecule has 2 aromatic heterocycles. The van der Waals surface area contributed by atoms with Crippen molar-refractivity contribution in [3.8, 4) is 11.3 Å². The number of hydrogen-bond acceptors (Lipinski definition) is 5. The SMILES string of the molecule is Cc1ccn2c(CC3CN(C)CCO3)c(-c3c(F)cc(N/C=C\C=N)cc3F)nc2c1. The van der Waals surface area contributed by atoms with E-state index < -0.39 is 11.6 Å². The average molecular weight is 425 g/mol. The molecule has 1 fully saturated rings. The fourth-order valence-electron chi connectivity index (χ4n) is 3.87. The molecule has 1 aromatic carbocycles. The maximum absolute atomic E-state index is 15.1. The molecule has 1 atom stereocenters. The lowest BCUT2D eigenvalue weighted by atomic mass is 10.0. The van der Waals surface area contributed by atoms with E-state index in [0.717, 1.165) is 30.6 Å². The summed E-state index contributed by atoms with van der Waals surface area (Å²) < 4.78 is 38.0. The van der Waals surface area contributed by atoms with Gasteiger partial charge in [0.05, 0.1) is 29.7 Å². The van der Waals surface area contributed by atoms with Gasteiger partial charge in [0.25, 0.3) is 0 Å². The zero-order valence-corrected chi connectivity index (χ0v) is 17.5. The molecule has 1 unspecified atom stereocenters. The number of halogens is 2. The third-order valence-corrected chi connectivity index (χ3v) is 5.36. The number of likely N-dealkylation sites (N-methyl/N-ethyl adjacent to an activating group) is 1. The molecule has 31 heavy (non-hydrogen) atoms. The molecule has 0 aliphatic carbocycles. The largest absolute Gasteiger partial charge is 0.375 e. The highest BCUT2D eigenvalue weighted by Crippen LogP contribution is 2.33. The molecule has 1 saturated heterocycles. The Hall–Kier alpha value is -3.10. The highest BCUT2D eigenvalue weighted by atomic mass is 19.1. The van der Waals surface area contributed by atoms with Crippen molar-refractivity contribution < 1.29 is 13.5 Å². The summed E-state index contributed by atoms with van der Waals surface area (Å²) in [4.78, 5) is 6.79. The van der Waals surface area contributed by atoms with Crippen molar-refractivity contribution in [1.82, 2.24) is 14.3 Å². The summed E-state index contributed by atoms with van der Waals surface area (Å²) in [5.74, 6) is -1.40. The number of benzene rings is 1. The van der Waals surface area contributed by atoms with Gasteiger partial charge >= 0.3 is 0 Å². The van der Waals surface area contributed by atoms with Gasteiger partial charge in [0.2, 0.25) is 0 Å². The van der Waals surface area contributed by atoms with Crippen molar-refractivity contribution in [1.29, 1.82) is 5.41 Å². The van der Waals surface area contributed by atoms with Crippen molar-refractivity contribution in [3.05, 3.63) is 65.6 Å². The number of aromatic nitrogens is 2. The first kappa shape index (κ1) is 21.1. The standard InChI is InChI=1S/C23H25F2N5O/c1-15-4-7-30-20(13-17-14-29(2)8-9-31-17)23(28-21(30)10-15)22-18(24)11-16(12-19(22)25)27-6-3-5-26/h3-7,10-12,17,26-27H,8-9,13-14H2,1-2H3/b6-3-,26-5?. The minimum atomic E-state index is -0.700. The van der Waals surface area contributed by atoms with Crippen LogP contribution in [0.5, 0.6) is 0 Å². The number of aryl methyl sites for hydroxylation is 1. The zero-order valence-electron chi connectivity index (χ0n) is 17.5. The number of morpholine rings is 1. The van der Waals surface area contributed by atoms with E-state index in [0.29, 0.717) is 24.4 Å². The second-order valence-electron chi connectivity index (χ2n) is 7.78. The number of rotatable bonds is 6. The number of allylic oxidation sites excluding steroid dienone is 1. The van der Waals surface area contributed by atoms with Gasteiger partial charge in [-0.25, -0.2) is 13.8 Å². The summed E-state index contributed by atoms with van der Waals surface area (Å²) in [5, 5.41) is 9.75. The van der Waals surface area contributed by atoms with Crippen LogP contribution in [0.15, 0.2) is 42.7 Å². The molecule has 0 radical (unpaired) electrons. The molecule has 1 aliphatic rings. The van der Waals surface area contributed by atoms with Crippen LogP contribution in [-0.2, 0) is 11.2 Å². The average Bonchev–Trinajstić information content (AvgIpc) is 3.04. The number of hydrogen-bond donors (Lipinski definition) is 2. The Morgan fingerprint density at radius 2 is 2.06 bits per heavy atom. The number of nitrogens with one attached hydrogen (secondary N) is 2. The molecule has 1 aliphatic heterocycles. The van der Waals surface area contributed by atoms with E-state index in [4.69, 9.17) is 10.1 Å². The quantitative estimate of drug-likeness (QED) is 0.585. The predicted octanol–water partition coefficient (Wildman–Crippen LogP) is 4.04. The normalized spacial score (nSPS) is 17.5. The van der Waals surface area contributed by atoms with Gasteiger partial charge in [-0.05, 0) is 49.9 Å². The first-order valence-electron chi connectivity index (χ1n) is 10.2. The highest BCUT2D eigenvalue weighted by molar-refractivity contribution is 5.71. The molecule has 0 amide bonds. The number of imidazole rings is 1. The third-order valence-electron chi connectivity index (χ3n) is 5.36. The van der Waals surface area contributed by atoms with E-state index in [1.165, 1.54) is 24.4 Å². The van der Waals surface area contributed by atoms with E-state index in [9.17, 15) is 0 Å².